The number of rotatable bonds is 2. The summed E-state index contributed by atoms with van der Waals surface area (Å²) in [6, 6.07) is 1.75. The highest BCUT2D eigenvalue weighted by Gasteiger charge is 2.17. The number of amides is 1. The number of hydrogen-bond donors (Lipinski definition) is 1. The topological polar surface area (TPSA) is 54.6 Å². The van der Waals surface area contributed by atoms with Gasteiger partial charge in [0.25, 0.3) is 5.91 Å². The molecule has 4 heteroatoms. The monoisotopic (exact) mass is 248 g/mol. The Labute approximate surface area is 107 Å². The molecule has 0 bridgehead atoms. The van der Waals surface area contributed by atoms with Gasteiger partial charge in [-0.15, -0.1) is 0 Å². The highest BCUT2D eigenvalue weighted by Crippen LogP contribution is 2.21. The first-order valence-electron chi connectivity index (χ1n) is 6.51. The average molecular weight is 248 g/mol. The summed E-state index contributed by atoms with van der Waals surface area (Å²) >= 11 is 0. The fourth-order valence-corrected chi connectivity index (χ4v) is 2.37. The van der Waals surface area contributed by atoms with Gasteiger partial charge < -0.3 is 4.42 Å². The van der Waals surface area contributed by atoms with E-state index >= 15 is 0 Å². The predicted octanol–water partition coefficient (Wildman–Crippen LogP) is 3.19. The van der Waals surface area contributed by atoms with E-state index in [1.54, 1.807) is 13.0 Å². The molecule has 0 radical (unpaired) electrons. The molecule has 1 heterocycles. The van der Waals surface area contributed by atoms with E-state index in [2.05, 4.69) is 17.5 Å². The van der Waals surface area contributed by atoms with Gasteiger partial charge >= 0.3 is 0 Å². The van der Waals surface area contributed by atoms with E-state index in [-0.39, 0.29) is 5.91 Å². The molecule has 1 amide bonds. The summed E-state index contributed by atoms with van der Waals surface area (Å²) in [6.45, 7) is 5.79. The van der Waals surface area contributed by atoms with Crippen LogP contribution in [0.3, 0.4) is 0 Å². The van der Waals surface area contributed by atoms with Crippen LogP contribution in [-0.4, -0.2) is 11.6 Å². The van der Waals surface area contributed by atoms with Crippen molar-refractivity contribution in [2.75, 3.05) is 0 Å². The predicted molar refractivity (Wildman–Crippen MR) is 70.7 cm³/mol. The Bertz CT molecular complexity index is 474. The van der Waals surface area contributed by atoms with Gasteiger partial charge in [0.2, 0.25) is 0 Å². The van der Waals surface area contributed by atoms with Crippen LogP contribution in [0.4, 0.5) is 0 Å². The molecule has 0 saturated heterocycles. The average Bonchev–Trinajstić information content (AvgIpc) is 2.67. The Hall–Kier alpha value is -1.58. The Morgan fingerprint density at radius 3 is 2.83 bits per heavy atom. The van der Waals surface area contributed by atoms with Crippen LogP contribution < -0.4 is 5.43 Å². The lowest BCUT2D eigenvalue weighted by Crippen LogP contribution is -2.24. The SMILES string of the molecule is Cc1cc(C(=O)NN=C2CCCC[C@H]2C)c(C)o1. The van der Waals surface area contributed by atoms with Gasteiger partial charge in [-0.25, -0.2) is 5.43 Å². The first kappa shape index (κ1) is 12.9. The zero-order chi connectivity index (χ0) is 13.1. The summed E-state index contributed by atoms with van der Waals surface area (Å²) in [6.07, 6.45) is 4.58. The number of carbonyl (C=O) groups excluding carboxylic acids is 1. The number of hydrogen-bond acceptors (Lipinski definition) is 3. The molecule has 0 unspecified atom stereocenters. The molecular formula is C14H20N2O2. The summed E-state index contributed by atoms with van der Waals surface area (Å²) in [5.41, 5.74) is 4.32. The molecule has 18 heavy (non-hydrogen) atoms. The third-order valence-corrected chi connectivity index (χ3v) is 3.48. The molecule has 1 aliphatic rings. The summed E-state index contributed by atoms with van der Waals surface area (Å²) < 4.78 is 5.34. The van der Waals surface area contributed by atoms with Gasteiger partial charge in [-0.2, -0.15) is 5.10 Å². The lowest BCUT2D eigenvalue weighted by Gasteiger charge is -2.19. The van der Waals surface area contributed by atoms with Crippen LogP contribution in [0.15, 0.2) is 15.6 Å². The van der Waals surface area contributed by atoms with E-state index < -0.39 is 0 Å². The van der Waals surface area contributed by atoms with Crippen molar-refractivity contribution in [2.24, 2.45) is 11.0 Å². The van der Waals surface area contributed by atoms with E-state index in [1.165, 1.54) is 19.3 Å². The number of aryl methyl sites for hydroxylation is 2. The normalized spacial score (nSPS) is 22.2. The molecule has 0 aliphatic heterocycles. The van der Waals surface area contributed by atoms with Gasteiger partial charge in [-0.1, -0.05) is 13.3 Å². The molecular weight excluding hydrogens is 228 g/mol. The maximum atomic E-state index is 11.9. The minimum atomic E-state index is -0.186. The maximum absolute atomic E-state index is 11.9. The van der Waals surface area contributed by atoms with Crippen molar-refractivity contribution in [1.82, 2.24) is 5.43 Å². The summed E-state index contributed by atoms with van der Waals surface area (Å²) in [4.78, 5) is 11.9. The van der Waals surface area contributed by atoms with Crippen molar-refractivity contribution in [1.29, 1.82) is 0 Å². The Morgan fingerprint density at radius 1 is 1.44 bits per heavy atom. The van der Waals surface area contributed by atoms with Crippen LogP contribution in [0.25, 0.3) is 0 Å². The second-order valence-corrected chi connectivity index (χ2v) is 5.02. The lowest BCUT2D eigenvalue weighted by molar-refractivity contribution is 0.0953. The van der Waals surface area contributed by atoms with Crippen LogP contribution in [-0.2, 0) is 0 Å². The number of hydrazone groups is 1. The Balaban J connectivity index is 2.03. The molecule has 0 spiro atoms. The van der Waals surface area contributed by atoms with Crippen LogP contribution >= 0.6 is 0 Å². The van der Waals surface area contributed by atoms with Crippen LogP contribution in [0, 0.1) is 19.8 Å². The van der Waals surface area contributed by atoms with Crippen LogP contribution in [0.5, 0.6) is 0 Å². The fourth-order valence-electron chi connectivity index (χ4n) is 2.37. The lowest BCUT2D eigenvalue weighted by atomic mass is 9.89. The number of furan rings is 1. The highest BCUT2D eigenvalue weighted by atomic mass is 16.3. The van der Waals surface area contributed by atoms with Crippen molar-refractivity contribution in [3.05, 3.63) is 23.2 Å². The van der Waals surface area contributed by atoms with E-state index in [4.69, 9.17) is 4.42 Å². The Morgan fingerprint density at radius 2 is 2.22 bits per heavy atom. The largest absolute Gasteiger partial charge is 0.466 e. The zero-order valence-corrected chi connectivity index (χ0v) is 11.2. The second kappa shape index (κ2) is 5.38. The minimum absolute atomic E-state index is 0.186. The molecule has 98 valence electrons. The Kier molecular flexibility index (Phi) is 3.84. The highest BCUT2D eigenvalue weighted by molar-refractivity contribution is 5.96. The third kappa shape index (κ3) is 2.81. The molecule has 2 rings (SSSR count). The zero-order valence-electron chi connectivity index (χ0n) is 11.2. The van der Waals surface area contributed by atoms with E-state index in [9.17, 15) is 4.79 Å². The van der Waals surface area contributed by atoms with E-state index in [1.807, 2.05) is 6.92 Å². The van der Waals surface area contributed by atoms with Crippen molar-refractivity contribution in [3.63, 3.8) is 0 Å². The quantitative estimate of drug-likeness (QED) is 0.817. The maximum Gasteiger partial charge on any atom is 0.274 e. The molecule has 4 nitrogen and oxygen atoms in total. The van der Waals surface area contributed by atoms with E-state index in [0.717, 1.165) is 17.9 Å². The van der Waals surface area contributed by atoms with Gasteiger partial charge in [0.05, 0.1) is 5.56 Å². The molecule has 1 fully saturated rings. The van der Waals surface area contributed by atoms with Crippen molar-refractivity contribution in [2.45, 2.75) is 46.5 Å². The third-order valence-electron chi connectivity index (χ3n) is 3.48. The molecule has 1 aromatic heterocycles. The molecule has 1 aromatic rings. The van der Waals surface area contributed by atoms with E-state index in [0.29, 0.717) is 17.2 Å². The van der Waals surface area contributed by atoms with Crippen molar-refractivity contribution in [3.8, 4) is 0 Å². The number of nitrogens with one attached hydrogen (secondary N) is 1. The number of nitrogens with zero attached hydrogens (tertiary/aromatic N) is 1. The summed E-state index contributed by atoms with van der Waals surface area (Å²) in [7, 11) is 0. The molecule has 1 aliphatic carbocycles. The molecule has 1 saturated carbocycles. The fraction of sp³-hybridized carbons (Fsp3) is 0.571. The smallest absolute Gasteiger partial charge is 0.274 e. The first-order chi connectivity index (χ1) is 8.58. The van der Waals surface area contributed by atoms with Gasteiger partial charge in [-0.05, 0) is 45.1 Å². The van der Waals surface area contributed by atoms with Gasteiger partial charge in [0.1, 0.15) is 11.5 Å². The molecule has 1 N–H and O–H groups in total. The van der Waals surface area contributed by atoms with Crippen molar-refractivity contribution < 1.29 is 9.21 Å². The van der Waals surface area contributed by atoms with Crippen LogP contribution in [0.2, 0.25) is 0 Å². The molecule has 0 aromatic carbocycles. The molecule has 1 atom stereocenters. The summed E-state index contributed by atoms with van der Waals surface area (Å²) in [5.74, 6) is 1.68. The summed E-state index contributed by atoms with van der Waals surface area (Å²) in [5, 5.41) is 4.27. The van der Waals surface area contributed by atoms with Crippen molar-refractivity contribution >= 4 is 11.6 Å². The minimum Gasteiger partial charge on any atom is -0.466 e. The van der Waals surface area contributed by atoms with Gasteiger partial charge in [0, 0.05) is 5.71 Å². The standard InChI is InChI=1S/C14H20N2O2/c1-9-6-4-5-7-13(9)15-16-14(17)12-8-10(2)18-11(12)3/h8-9H,4-7H2,1-3H3,(H,16,17)/t9-/m1/s1. The van der Waals surface area contributed by atoms with Gasteiger partial charge in [0.15, 0.2) is 0 Å². The van der Waals surface area contributed by atoms with Crippen LogP contribution in [0.1, 0.15) is 54.5 Å². The number of carbonyl (C=O) groups is 1. The second-order valence-electron chi connectivity index (χ2n) is 5.02. The first-order valence-corrected chi connectivity index (χ1v) is 6.51. The van der Waals surface area contributed by atoms with Gasteiger partial charge in [-0.3, -0.25) is 4.79 Å².